The van der Waals surface area contributed by atoms with E-state index in [9.17, 15) is 22.8 Å². The third-order valence-corrected chi connectivity index (χ3v) is 2.73. The molecular weight excluding hydrogens is 251 g/mol. The Kier molecular flexibility index (Phi) is 4.94. The number of nitrogens with one attached hydrogen (secondary N) is 1. The van der Waals surface area contributed by atoms with E-state index in [0.717, 1.165) is 12.8 Å². The van der Waals surface area contributed by atoms with Crippen LogP contribution in [0.4, 0.5) is 13.2 Å². The number of rotatable bonds is 5. The molecule has 0 saturated carbocycles. The maximum absolute atomic E-state index is 12.0. The molecule has 1 fully saturated rings. The lowest BCUT2D eigenvalue weighted by Crippen LogP contribution is -2.48. The van der Waals surface area contributed by atoms with Crippen LogP contribution in [0.25, 0.3) is 0 Å². The van der Waals surface area contributed by atoms with Gasteiger partial charge in [0, 0.05) is 13.1 Å². The van der Waals surface area contributed by atoms with E-state index in [4.69, 9.17) is 5.73 Å². The molecule has 0 aromatic carbocycles. The van der Waals surface area contributed by atoms with Gasteiger partial charge in [-0.1, -0.05) is 0 Å². The Morgan fingerprint density at radius 2 is 1.83 bits per heavy atom. The highest BCUT2D eigenvalue weighted by molar-refractivity contribution is 5.87. The first-order chi connectivity index (χ1) is 8.29. The monoisotopic (exact) mass is 267 g/mol. The van der Waals surface area contributed by atoms with E-state index in [1.54, 1.807) is 0 Å². The lowest BCUT2D eigenvalue weighted by Gasteiger charge is -2.20. The minimum atomic E-state index is -4.44. The Balaban J connectivity index is 2.46. The molecule has 8 heteroatoms. The van der Waals surface area contributed by atoms with E-state index in [2.05, 4.69) is 0 Å². The van der Waals surface area contributed by atoms with Crippen LogP contribution in [0.3, 0.4) is 0 Å². The van der Waals surface area contributed by atoms with Crippen LogP contribution in [0.2, 0.25) is 0 Å². The normalized spacial score (nSPS) is 17.8. The number of likely N-dealkylation sites (tertiary alicyclic amines) is 1. The predicted octanol–water partition coefficient (Wildman–Crippen LogP) is 0.00470. The Bertz CT molecular complexity index is 314. The van der Waals surface area contributed by atoms with Crippen molar-refractivity contribution in [3.63, 3.8) is 0 Å². The molecule has 1 heterocycles. The molecule has 18 heavy (non-hydrogen) atoms. The predicted molar refractivity (Wildman–Crippen MR) is 57.5 cm³/mol. The number of nitrogens with zero attached hydrogens (tertiary/aromatic N) is 1. The molecule has 0 bridgehead atoms. The average molecular weight is 267 g/mol. The van der Waals surface area contributed by atoms with E-state index in [-0.39, 0.29) is 12.3 Å². The maximum Gasteiger partial charge on any atom is 0.401 e. The summed E-state index contributed by atoms with van der Waals surface area (Å²) in [5.74, 6) is -1.29. The van der Waals surface area contributed by atoms with Crippen LogP contribution in [0.1, 0.15) is 19.3 Å². The van der Waals surface area contributed by atoms with Crippen molar-refractivity contribution in [3.8, 4) is 0 Å². The Labute approximate surface area is 102 Å². The third-order valence-electron chi connectivity index (χ3n) is 2.73. The van der Waals surface area contributed by atoms with E-state index in [1.807, 2.05) is 5.32 Å². The highest BCUT2D eigenvalue weighted by atomic mass is 19.4. The molecule has 0 spiro atoms. The molecule has 2 amide bonds. The van der Waals surface area contributed by atoms with Gasteiger partial charge in [-0.2, -0.15) is 13.2 Å². The van der Waals surface area contributed by atoms with Crippen molar-refractivity contribution < 1.29 is 22.8 Å². The molecule has 1 atom stereocenters. The number of carbonyl (C=O) groups is 2. The van der Waals surface area contributed by atoms with Crippen molar-refractivity contribution in [3.05, 3.63) is 0 Å². The number of carbonyl (C=O) groups excluding carboxylic acids is 2. The first-order valence-corrected chi connectivity index (χ1v) is 5.67. The summed E-state index contributed by atoms with van der Waals surface area (Å²) in [6.45, 7) is -0.166. The summed E-state index contributed by atoms with van der Waals surface area (Å²) < 4.78 is 36.0. The van der Waals surface area contributed by atoms with Gasteiger partial charge in [0.05, 0.1) is 19.0 Å². The first kappa shape index (κ1) is 14.7. The Morgan fingerprint density at radius 1 is 1.28 bits per heavy atom. The number of nitrogens with two attached hydrogens (primary N) is 1. The van der Waals surface area contributed by atoms with Crippen molar-refractivity contribution in [2.75, 3.05) is 19.6 Å². The molecular formula is C10H16F3N3O2. The summed E-state index contributed by atoms with van der Waals surface area (Å²) in [7, 11) is 0. The van der Waals surface area contributed by atoms with Crippen molar-refractivity contribution in [2.45, 2.75) is 31.5 Å². The summed E-state index contributed by atoms with van der Waals surface area (Å²) >= 11 is 0. The fraction of sp³-hybridized carbons (Fsp3) is 0.800. The zero-order valence-electron chi connectivity index (χ0n) is 9.79. The zero-order valence-corrected chi connectivity index (χ0v) is 9.79. The second-order valence-electron chi connectivity index (χ2n) is 4.24. The van der Waals surface area contributed by atoms with E-state index >= 15 is 0 Å². The van der Waals surface area contributed by atoms with Crippen LogP contribution >= 0.6 is 0 Å². The summed E-state index contributed by atoms with van der Waals surface area (Å²) in [5, 5.41) is 1.97. The van der Waals surface area contributed by atoms with Gasteiger partial charge in [0.15, 0.2) is 0 Å². The summed E-state index contributed by atoms with van der Waals surface area (Å²) in [5.41, 5.74) is 4.97. The minimum absolute atomic E-state index is 0.328. The topological polar surface area (TPSA) is 75.4 Å². The van der Waals surface area contributed by atoms with Gasteiger partial charge >= 0.3 is 6.18 Å². The van der Waals surface area contributed by atoms with Crippen molar-refractivity contribution in [2.24, 2.45) is 5.73 Å². The fourth-order valence-electron chi connectivity index (χ4n) is 1.78. The molecule has 0 aromatic heterocycles. The molecule has 0 aromatic rings. The molecule has 104 valence electrons. The number of hydrogen-bond acceptors (Lipinski definition) is 3. The average Bonchev–Trinajstić information content (AvgIpc) is 2.75. The number of amides is 2. The molecule has 0 radical (unpaired) electrons. The molecule has 1 aliphatic heterocycles. The molecule has 1 unspecified atom stereocenters. The van der Waals surface area contributed by atoms with Crippen LogP contribution in [0, 0.1) is 0 Å². The van der Waals surface area contributed by atoms with Gasteiger partial charge in [-0.25, -0.2) is 0 Å². The summed E-state index contributed by atoms with van der Waals surface area (Å²) in [6, 6.07) is -1.28. The molecule has 5 nitrogen and oxygen atoms in total. The second kappa shape index (κ2) is 6.03. The van der Waals surface area contributed by atoms with Gasteiger partial charge in [-0.05, 0) is 12.8 Å². The molecule has 1 rings (SSSR count). The largest absolute Gasteiger partial charge is 0.401 e. The summed E-state index contributed by atoms with van der Waals surface area (Å²) in [6.07, 6.45) is -3.01. The van der Waals surface area contributed by atoms with E-state index in [1.165, 1.54) is 4.90 Å². The van der Waals surface area contributed by atoms with Gasteiger partial charge in [-0.3, -0.25) is 14.9 Å². The third kappa shape index (κ3) is 4.91. The number of halogens is 3. The van der Waals surface area contributed by atoms with Crippen LogP contribution < -0.4 is 11.1 Å². The highest BCUT2D eigenvalue weighted by Crippen LogP contribution is 2.14. The molecule has 1 saturated heterocycles. The minimum Gasteiger partial charge on any atom is -0.368 e. The van der Waals surface area contributed by atoms with Crippen LogP contribution in [0.5, 0.6) is 0 Å². The SMILES string of the molecule is NC(=O)C(CC(=O)N1CCCC1)NCC(F)(F)F. The van der Waals surface area contributed by atoms with Gasteiger partial charge in [0.2, 0.25) is 11.8 Å². The van der Waals surface area contributed by atoms with Crippen molar-refractivity contribution in [1.82, 2.24) is 10.2 Å². The number of primary amides is 1. The Morgan fingerprint density at radius 3 is 2.28 bits per heavy atom. The number of hydrogen-bond donors (Lipinski definition) is 2. The maximum atomic E-state index is 12.0. The van der Waals surface area contributed by atoms with Crippen LogP contribution in [-0.4, -0.2) is 48.6 Å². The van der Waals surface area contributed by atoms with Crippen molar-refractivity contribution >= 4 is 11.8 Å². The van der Waals surface area contributed by atoms with Gasteiger partial charge < -0.3 is 10.6 Å². The smallest absolute Gasteiger partial charge is 0.368 e. The van der Waals surface area contributed by atoms with Crippen LogP contribution in [-0.2, 0) is 9.59 Å². The molecule has 0 aliphatic carbocycles. The van der Waals surface area contributed by atoms with Gasteiger partial charge in [0.25, 0.3) is 0 Å². The lowest BCUT2D eigenvalue weighted by atomic mass is 10.1. The van der Waals surface area contributed by atoms with E-state index < -0.39 is 24.7 Å². The van der Waals surface area contributed by atoms with Gasteiger partial charge in [-0.15, -0.1) is 0 Å². The fourth-order valence-corrected chi connectivity index (χ4v) is 1.78. The van der Waals surface area contributed by atoms with E-state index in [0.29, 0.717) is 13.1 Å². The highest BCUT2D eigenvalue weighted by Gasteiger charge is 2.31. The second-order valence-corrected chi connectivity index (χ2v) is 4.24. The number of alkyl halides is 3. The quantitative estimate of drug-likeness (QED) is 0.736. The standard InChI is InChI=1S/C10H16F3N3O2/c11-10(12,13)6-15-7(9(14)18)5-8(17)16-3-1-2-4-16/h7,15H,1-6H2,(H2,14,18). The van der Waals surface area contributed by atoms with Crippen molar-refractivity contribution in [1.29, 1.82) is 0 Å². The lowest BCUT2D eigenvalue weighted by molar-refractivity contribution is -0.137. The van der Waals surface area contributed by atoms with Crippen LogP contribution in [0.15, 0.2) is 0 Å². The molecule has 1 aliphatic rings. The Hall–Kier alpha value is -1.31. The van der Waals surface area contributed by atoms with Gasteiger partial charge in [0.1, 0.15) is 0 Å². The molecule has 3 N–H and O–H groups in total. The first-order valence-electron chi connectivity index (χ1n) is 5.67. The summed E-state index contributed by atoms with van der Waals surface area (Å²) in [4.78, 5) is 24.2. The zero-order chi connectivity index (χ0) is 13.8.